The zero-order chi connectivity index (χ0) is 22.8. The van der Waals surface area contributed by atoms with E-state index in [0.717, 1.165) is 11.1 Å². The third-order valence-electron chi connectivity index (χ3n) is 5.32. The summed E-state index contributed by atoms with van der Waals surface area (Å²) in [4.78, 5) is 16.8. The molecule has 0 N–H and O–H groups in total. The molecule has 1 aliphatic rings. The summed E-state index contributed by atoms with van der Waals surface area (Å²) >= 11 is 0. The number of carbonyl (C=O) groups excluding carboxylic acids is 1. The number of esters is 1. The highest BCUT2D eigenvalue weighted by Crippen LogP contribution is 2.32. The average Bonchev–Trinajstić information content (AvgIpc) is 3.51. The molecule has 0 unspecified atom stereocenters. The topological polar surface area (TPSA) is 103 Å². The fraction of sp³-hybridized carbons (Fsp3) is 0.125. The Morgan fingerprint density at radius 3 is 2.64 bits per heavy atom. The smallest absolute Gasteiger partial charge is 0.338 e. The summed E-state index contributed by atoms with van der Waals surface area (Å²) in [5.74, 6) is -0.153. The van der Waals surface area contributed by atoms with Crippen molar-refractivity contribution in [1.29, 1.82) is 0 Å². The van der Waals surface area contributed by atoms with Crippen molar-refractivity contribution >= 4 is 21.7 Å². The molecule has 0 atom stereocenters. The van der Waals surface area contributed by atoms with Gasteiger partial charge in [0.2, 0.25) is 5.82 Å². The van der Waals surface area contributed by atoms with Gasteiger partial charge in [-0.2, -0.15) is 4.98 Å². The summed E-state index contributed by atoms with van der Waals surface area (Å²) in [5.41, 5.74) is 2.52. The molecule has 33 heavy (non-hydrogen) atoms. The Hall–Kier alpha value is -3.98. The van der Waals surface area contributed by atoms with E-state index >= 15 is 0 Å². The van der Waals surface area contributed by atoms with Crippen molar-refractivity contribution in [3.05, 3.63) is 95.8 Å². The number of rotatable bonds is 6. The van der Waals surface area contributed by atoms with Gasteiger partial charge in [-0.25, -0.2) is 13.2 Å². The fourth-order valence-electron chi connectivity index (χ4n) is 3.69. The molecule has 166 valence electrons. The molecule has 0 aliphatic carbocycles. The van der Waals surface area contributed by atoms with Gasteiger partial charge in [0.15, 0.2) is 6.61 Å². The molecular formula is C24H19N3O5S. The number of carbonyl (C=O) groups is 1. The molecule has 0 saturated heterocycles. The van der Waals surface area contributed by atoms with Gasteiger partial charge in [0.05, 0.1) is 16.1 Å². The summed E-state index contributed by atoms with van der Waals surface area (Å²) < 4.78 is 38.3. The van der Waals surface area contributed by atoms with Gasteiger partial charge in [-0.1, -0.05) is 47.6 Å². The van der Waals surface area contributed by atoms with Crippen molar-refractivity contribution in [1.82, 2.24) is 10.1 Å². The predicted molar refractivity (Wildman–Crippen MR) is 120 cm³/mol. The largest absolute Gasteiger partial charge is 0.454 e. The number of hydrogen-bond donors (Lipinski definition) is 0. The van der Waals surface area contributed by atoms with Crippen LogP contribution in [0, 0.1) is 0 Å². The lowest BCUT2D eigenvalue weighted by molar-refractivity contribution is 0.0459. The SMILES string of the molecule is O=C(OCc1noc(-c2ccccc2)n1)c1cccc(S(=O)(=O)N2CCc3ccccc32)c1. The molecule has 0 bridgehead atoms. The second-order valence-corrected chi connectivity index (χ2v) is 9.30. The standard InChI is InChI=1S/C24H19N3O5S/c28-24(31-16-22-25-23(32-26-22)18-8-2-1-3-9-18)19-10-6-11-20(15-19)33(29,30)27-14-13-17-7-4-5-12-21(17)27/h1-12,15H,13-14,16H2. The first-order valence-corrected chi connectivity index (χ1v) is 11.7. The van der Waals surface area contributed by atoms with Crippen LogP contribution in [0.5, 0.6) is 0 Å². The molecule has 0 radical (unpaired) electrons. The molecule has 1 aliphatic heterocycles. The van der Waals surface area contributed by atoms with Crippen LogP contribution in [0.25, 0.3) is 11.5 Å². The molecule has 0 fully saturated rings. The molecule has 5 rings (SSSR count). The minimum atomic E-state index is -3.82. The lowest BCUT2D eigenvalue weighted by Crippen LogP contribution is -2.29. The van der Waals surface area contributed by atoms with Crippen LogP contribution >= 0.6 is 0 Å². The zero-order valence-corrected chi connectivity index (χ0v) is 18.2. The Morgan fingerprint density at radius 2 is 1.79 bits per heavy atom. The molecule has 3 aromatic carbocycles. The van der Waals surface area contributed by atoms with E-state index in [9.17, 15) is 13.2 Å². The van der Waals surface area contributed by atoms with E-state index in [-0.39, 0.29) is 22.9 Å². The minimum absolute atomic E-state index is 0.0274. The Bertz CT molecular complexity index is 1420. The van der Waals surface area contributed by atoms with E-state index in [0.29, 0.717) is 24.5 Å². The van der Waals surface area contributed by atoms with Gasteiger partial charge in [-0.05, 0) is 48.4 Å². The highest BCUT2D eigenvalue weighted by atomic mass is 32.2. The first kappa shape index (κ1) is 20.9. The number of hydrogen-bond acceptors (Lipinski definition) is 7. The number of aromatic nitrogens is 2. The summed E-state index contributed by atoms with van der Waals surface area (Å²) in [5, 5.41) is 3.82. The van der Waals surface area contributed by atoms with Crippen LogP contribution in [0.1, 0.15) is 21.7 Å². The number of benzene rings is 3. The Labute approximate surface area is 190 Å². The third kappa shape index (κ3) is 4.10. The zero-order valence-electron chi connectivity index (χ0n) is 17.4. The van der Waals surface area contributed by atoms with Crippen molar-refractivity contribution in [3.63, 3.8) is 0 Å². The lowest BCUT2D eigenvalue weighted by atomic mass is 10.2. The molecule has 1 aromatic heterocycles. The molecule has 4 aromatic rings. The molecule has 8 nitrogen and oxygen atoms in total. The molecular weight excluding hydrogens is 442 g/mol. The fourth-order valence-corrected chi connectivity index (χ4v) is 5.24. The highest BCUT2D eigenvalue weighted by molar-refractivity contribution is 7.92. The number of nitrogens with zero attached hydrogens (tertiary/aromatic N) is 3. The molecule has 0 spiro atoms. The van der Waals surface area contributed by atoms with E-state index in [1.165, 1.54) is 28.6 Å². The van der Waals surface area contributed by atoms with Crippen LogP contribution in [-0.4, -0.2) is 31.1 Å². The van der Waals surface area contributed by atoms with Gasteiger partial charge in [-0.3, -0.25) is 4.31 Å². The van der Waals surface area contributed by atoms with Crippen molar-refractivity contribution in [2.75, 3.05) is 10.8 Å². The summed E-state index contributed by atoms with van der Waals surface area (Å²) in [6, 6.07) is 22.4. The van der Waals surface area contributed by atoms with Gasteiger partial charge >= 0.3 is 5.97 Å². The first-order chi connectivity index (χ1) is 16.0. The number of ether oxygens (including phenoxy) is 1. The van der Waals surface area contributed by atoms with Crippen LogP contribution in [0.2, 0.25) is 0 Å². The Morgan fingerprint density at radius 1 is 1.00 bits per heavy atom. The van der Waals surface area contributed by atoms with Crippen molar-refractivity contribution in [3.8, 4) is 11.5 Å². The minimum Gasteiger partial charge on any atom is -0.454 e. The van der Waals surface area contributed by atoms with Gasteiger partial charge in [0.1, 0.15) is 0 Å². The summed E-state index contributed by atoms with van der Waals surface area (Å²) in [6.07, 6.45) is 0.646. The number of sulfonamides is 1. The second-order valence-electron chi connectivity index (χ2n) is 7.44. The third-order valence-corrected chi connectivity index (χ3v) is 7.13. The Balaban J connectivity index is 1.30. The van der Waals surface area contributed by atoms with E-state index in [1.54, 1.807) is 6.07 Å². The number of para-hydroxylation sites is 1. The second kappa shape index (κ2) is 8.51. The van der Waals surface area contributed by atoms with Crippen LogP contribution in [0.15, 0.2) is 88.3 Å². The van der Waals surface area contributed by atoms with Crippen LogP contribution in [0.4, 0.5) is 5.69 Å². The normalized spacial score (nSPS) is 13.0. The average molecular weight is 461 g/mol. The number of fused-ring (bicyclic) bond motifs is 1. The maximum absolute atomic E-state index is 13.2. The van der Waals surface area contributed by atoms with Crippen LogP contribution < -0.4 is 4.31 Å². The van der Waals surface area contributed by atoms with Gasteiger partial charge in [-0.15, -0.1) is 0 Å². The van der Waals surface area contributed by atoms with Crippen molar-refractivity contribution in [2.45, 2.75) is 17.9 Å². The molecule has 2 heterocycles. The van der Waals surface area contributed by atoms with Crippen LogP contribution in [-0.2, 0) is 27.8 Å². The van der Waals surface area contributed by atoms with E-state index in [2.05, 4.69) is 10.1 Å². The molecule has 0 amide bonds. The molecule has 9 heteroatoms. The van der Waals surface area contributed by atoms with E-state index < -0.39 is 16.0 Å². The summed E-state index contributed by atoms with van der Waals surface area (Å²) in [7, 11) is -3.82. The van der Waals surface area contributed by atoms with Crippen LogP contribution in [0.3, 0.4) is 0 Å². The van der Waals surface area contributed by atoms with Crippen molar-refractivity contribution in [2.24, 2.45) is 0 Å². The highest BCUT2D eigenvalue weighted by Gasteiger charge is 2.31. The van der Waals surface area contributed by atoms with E-state index in [1.807, 2.05) is 48.5 Å². The van der Waals surface area contributed by atoms with E-state index in [4.69, 9.17) is 9.26 Å². The lowest BCUT2D eigenvalue weighted by Gasteiger charge is -2.19. The van der Waals surface area contributed by atoms with Gasteiger partial charge in [0.25, 0.3) is 15.9 Å². The molecule has 0 saturated carbocycles. The quantitative estimate of drug-likeness (QED) is 0.402. The maximum atomic E-state index is 13.2. The number of anilines is 1. The maximum Gasteiger partial charge on any atom is 0.338 e. The first-order valence-electron chi connectivity index (χ1n) is 10.3. The summed E-state index contributed by atoms with van der Waals surface area (Å²) in [6.45, 7) is 0.156. The van der Waals surface area contributed by atoms with Gasteiger partial charge in [0, 0.05) is 12.1 Å². The monoisotopic (exact) mass is 461 g/mol. The van der Waals surface area contributed by atoms with Gasteiger partial charge < -0.3 is 9.26 Å². The predicted octanol–water partition coefficient (Wildman–Crippen LogP) is 3.85. The Kier molecular flexibility index (Phi) is 5.39. The van der Waals surface area contributed by atoms with Crippen molar-refractivity contribution < 1.29 is 22.5 Å².